The molecule has 258 valence electrons. The summed E-state index contributed by atoms with van der Waals surface area (Å²) in [4.78, 5) is 59.6. The molecule has 1 aromatic carbocycles. The van der Waals surface area contributed by atoms with E-state index in [1.807, 2.05) is 65.0 Å². The summed E-state index contributed by atoms with van der Waals surface area (Å²) in [6, 6.07) is 7.12. The summed E-state index contributed by atoms with van der Waals surface area (Å²) >= 11 is 0. The molecule has 1 aromatic rings. The minimum atomic E-state index is -0.941. The van der Waals surface area contributed by atoms with Crippen LogP contribution in [-0.2, 0) is 24.6 Å². The molecule has 0 unspecified atom stereocenters. The largest absolute Gasteiger partial charge is 0.480 e. The summed E-state index contributed by atoms with van der Waals surface area (Å²) < 4.78 is 0. The van der Waals surface area contributed by atoms with Crippen molar-refractivity contribution in [3.63, 3.8) is 0 Å². The summed E-state index contributed by atoms with van der Waals surface area (Å²) in [7, 11) is 3.57. The van der Waals surface area contributed by atoms with Crippen LogP contribution in [0.3, 0.4) is 0 Å². The van der Waals surface area contributed by atoms with E-state index in [4.69, 9.17) is 0 Å². The minimum absolute atomic E-state index is 0.0757. The number of benzene rings is 1. The molecule has 0 aromatic heterocycles. The van der Waals surface area contributed by atoms with Gasteiger partial charge in [0.05, 0.1) is 12.1 Å². The zero-order valence-corrected chi connectivity index (χ0v) is 29.6. The van der Waals surface area contributed by atoms with E-state index < -0.39 is 41.0 Å². The predicted octanol–water partition coefficient (Wildman–Crippen LogP) is 3.89. The van der Waals surface area contributed by atoms with E-state index in [0.717, 1.165) is 31.2 Å². The number of aliphatic carboxylic acids is 1. The van der Waals surface area contributed by atoms with Crippen LogP contribution in [0.4, 0.5) is 0 Å². The highest BCUT2D eigenvalue weighted by Gasteiger charge is 2.43. The fraction of sp³-hybridized carbons (Fsp3) is 0.722. The molecule has 10 heteroatoms. The van der Waals surface area contributed by atoms with E-state index in [1.165, 1.54) is 0 Å². The van der Waals surface area contributed by atoms with Crippen LogP contribution >= 0.6 is 0 Å². The highest BCUT2D eigenvalue weighted by atomic mass is 16.4. The molecule has 2 fully saturated rings. The molecule has 0 saturated carbocycles. The second-order valence-electron chi connectivity index (χ2n) is 15.3. The van der Waals surface area contributed by atoms with Crippen molar-refractivity contribution in [2.45, 2.75) is 123 Å². The number of carbonyl (C=O) groups excluding carboxylic acids is 3. The molecule has 0 bridgehead atoms. The van der Waals surface area contributed by atoms with Gasteiger partial charge in [-0.05, 0) is 62.6 Å². The van der Waals surface area contributed by atoms with Crippen LogP contribution in [0.15, 0.2) is 30.3 Å². The Labute approximate surface area is 276 Å². The van der Waals surface area contributed by atoms with Crippen LogP contribution in [0.5, 0.6) is 0 Å². The monoisotopic (exact) mass is 641 g/mol. The Morgan fingerprint density at radius 2 is 1.50 bits per heavy atom. The molecular formula is C36H59N5O5. The average molecular weight is 642 g/mol. The quantitative estimate of drug-likeness (QED) is 0.317. The lowest BCUT2D eigenvalue weighted by Crippen LogP contribution is -2.63. The maximum absolute atomic E-state index is 14.4. The van der Waals surface area contributed by atoms with Crippen molar-refractivity contribution in [3.8, 4) is 0 Å². The van der Waals surface area contributed by atoms with Gasteiger partial charge in [0.2, 0.25) is 17.7 Å². The van der Waals surface area contributed by atoms with E-state index in [2.05, 4.69) is 29.4 Å². The zero-order valence-electron chi connectivity index (χ0n) is 29.6. The lowest BCUT2D eigenvalue weighted by atomic mass is 9.76. The number of nitrogens with zero attached hydrogens (tertiary/aromatic N) is 3. The number of hydrogen-bond donors (Lipinski definition) is 3. The van der Waals surface area contributed by atoms with Crippen molar-refractivity contribution in [3.05, 3.63) is 35.9 Å². The molecule has 0 aliphatic carbocycles. The summed E-state index contributed by atoms with van der Waals surface area (Å²) in [5.74, 6) is -1.39. The number of carboxylic acid groups (broad SMARTS) is 1. The Morgan fingerprint density at radius 3 is 2.04 bits per heavy atom. The van der Waals surface area contributed by atoms with Gasteiger partial charge in [-0.1, -0.05) is 85.2 Å². The maximum Gasteiger partial charge on any atom is 0.326 e. The second kappa shape index (κ2) is 15.7. The first-order valence-electron chi connectivity index (χ1n) is 17.1. The molecule has 2 saturated heterocycles. The minimum Gasteiger partial charge on any atom is -0.480 e. The number of likely N-dealkylation sites (N-methyl/N-ethyl adjacent to an activating group) is 2. The van der Waals surface area contributed by atoms with Crippen LogP contribution in [0.25, 0.3) is 0 Å². The molecular weight excluding hydrogens is 582 g/mol. The van der Waals surface area contributed by atoms with Gasteiger partial charge in [-0.2, -0.15) is 0 Å². The van der Waals surface area contributed by atoms with Crippen molar-refractivity contribution >= 4 is 23.7 Å². The lowest BCUT2D eigenvalue weighted by Gasteiger charge is -2.45. The molecule has 2 heterocycles. The summed E-state index contributed by atoms with van der Waals surface area (Å²) in [5.41, 5.74) is -0.0894. The van der Waals surface area contributed by atoms with Gasteiger partial charge in [-0.3, -0.25) is 19.3 Å². The normalized spacial score (nSPS) is 21.7. The van der Waals surface area contributed by atoms with Gasteiger partial charge in [0.15, 0.2) is 0 Å². The second-order valence-corrected chi connectivity index (χ2v) is 15.3. The number of amides is 3. The number of carbonyl (C=O) groups is 4. The topological polar surface area (TPSA) is 122 Å². The van der Waals surface area contributed by atoms with Crippen molar-refractivity contribution in [1.29, 1.82) is 0 Å². The lowest BCUT2D eigenvalue weighted by molar-refractivity contribution is -0.155. The molecule has 0 spiro atoms. The van der Waals surface area contributed by atoms with Crippen LogP contribution in [0, 0.1) is 11.3 Å². The fourth-order valence-electron chi connectivity index (χ4n) is 7.25. The van der Waals surface area contributed by atoms with Gasteiger partial charge in [0, 0.05) is 31.6 Å². The number of carboxylic acids is 1. The van der Waals surface area contributed by atoms with Crippen LogP contribution in [-0.4, -0.2) is 107 Å². The molecule has 3 amide bonds. The van der Waals surface area contributed by atoms with Crippen LogP contribution < -0.4 is 10.6 Å². The average Bonchev–Trinajstić information content (AvgIpc) is 3.01. The number of rotatable bonds is 12. The zero-order chi connectivity index (χ0) is 34.4. The molecule has 3 rings (SSSR count). The third kappa shape index (κ3) is 8.68. The molecule has 2 aliphatic rings. The number of likely N-dealkylation sites (tertiary alicyclic amines) is 2. The molecule has 2 aliphatic heterocycles. The van der Waals surface area contributed by atoms with E-state index in [1.54, 1.807) is 23.9 Å². The SMILES string of the molecule is CN[C@H](C(=O)N[C@H](C(=O)N(C)[C@H](CN1CCCC[C@H]1C(=O)N1CCCC[C@H]1C(=O)O)C(C)C)C(C)(C)C)C(C)(C)c1ccccc1. The fourth-order valence-corrected chi connectivity index (χ4v) is 7.25. The van der Waals surface area contributed by atoms with Gasteiger partial charge >= 0.3 is 5.97 Å². The predicted molar refractivity (Wildman–Crippen MR) is 181 cm³/mol. The van der Waals surface area contributed by atoms with Gasteiger partial charge < -0.3 is 25.5 Å². The van der Waals surface area contributed by atoms with E-state index in [9.17, 15) is 24.3 Å². The first kappa shape index (κ1) is 37.5. The molecule has 3 N–H and O–H groups in total. The summed E-state index contributed by atoms with van der Waals surface area (Å²) in [6.45, 7) is 15.7. The Bertz CT molecular complexity index is 1200. The van der Waals surface area contributed by atoms with Crippen LogP contribution in [0.1, 0.15) is 92.6 Å². The molecule has 46 heavy (non-hydrogen) atoms. The number of hydrogen-bond acceptors (Lipinski definition) is 6. The van der Waals surface area contributed by atoms with Crippen molar-refractivity contribution < 1.29 is 24.3 Å². The maximum atomic E-state index is 14.4. The van der Waals surface area contributed by atoms with Gasteiger partial charge in [-0.15, -0.1) is 0 Å². The van der Waals surface area contributed by atoms with Crippen molar-refractivity contribution in [2.24, 2.45) is 11.3 Å². The van der Waals surface area contributed by atoms with Crippen molar-refractivity contribution in [1.82, 2.24) is 25.3 Å². The highest BCUT2D eigenvalue weighted by Crippen LogP contribution is 2.30. The standard InChI is InChI=1S/C36H59N5O5/c1-24(2)28(23-40-21-15-13-19-26(40)32(43)41-22-16-14-20-27(41)34(45)46)39(9)33(44)30(35(3,4)5)38-31(42)29(37-8)36(6,7)25-17-11-10-12-18-25/h10-12,17-18,24,26-30,37H,13-16,19-23H2,1-9H3,(H,38,42)(H,45,46)/t26-,27-,28+,29+,30+/m0/s1. The Kier molecular flexibility index (Phi) is 12.8. The smallest absolute Gasteiger partial charge is 0.326 e. The van der Waals surface area contributed by atoms with Gasteiger partial charge in [0.1, 0.15) is 12.1 Å². The van der Waals surface area contributed by atoms with Crippen LogP contribution in [0.2, 0.25) is 0 Å². The third-order valence-corrected chi connectivity index (χ3v) is 10.2. The van der Waals surface area contributed by atoms with E-state index in [0.29, 0.717) is 32.5 Å². The van der Waals surface area contributed by atoms with E-state index in [-0.39, 0.29) is 29.7 Å². The number of piperidine rings is 2. The first-order chi connectivity index (χ1) is 21.5. The Morgan fingerprint density at radius 1 is 0.913 bits per heavy atom. The van der Waals surface area contributed by atoms with Crippen molar-refractivity contribution in [2.75, 3.05) is 33.7 Å². The molecule has 10 nitrogen and oxygen atoms in total. The van der Waals surface area contributed by atoms with Gasteiger partial charge in [-0.25, -0.2) is 4.79 Å². The highest BCUT2D eigenvalue weighted by molar-refractivity contribution is 5.91. The summed E-state index contributed by atoms with van der Waals surface area (Å²) in [6.07, 6.45) is 4.62. The Hall–Kier alpha value is -2.98. The third-order valence-electron chi connectivity index (χ3n) is 10.2. The van der Waals surface area contributed by atoms with Gasteiger partial charge in [0.25, 0.3) is 0 Å². The number of nitrogens with one attached hydrogen (secondary N) is 2. The summed E-state index contributed by atoms with van der Waals surface area (Å²) in [5, 5.41) is 16.1. The molecule has 0 radical (unpaired) electrons. The molecule has 5 atom stereocenters. The first-order valence-corrected chi connectivity index (χ1v) is 17.1. The van der Waals surface area contributed by atoms with E-state index >= 15 is 0 Å². The Balaban J connectivity index is 1.82.